The van der Waals surface area contributed by atoms with Crippen molar-refractivity contribution in [2.75, 3.05) is 26.2 Å². The molecule has 100 valence electrons. The van der Waals surface area contributed by atoms with Gasteiger partial charge in [0.05, 0.1) is 0 Å². The maximum Gasteiger partial charge on any atom is 0.115 e. The van der Waals surface area contributed by atoms with Gasteiger partial charge in [-0.3, -0.25) is 0 Å². The highest BCUT2D eigenvalue weighted by Crippen LogP contribution is 2.19. The van der Waals surface area contributed by atoms with Crippen molar-refractivity contribution < 1.29 is 5.11 Å². The molecule has 2 rings (SSSR count). The normalized spacial score (nSPS) is 22.2. The maximum absolute atomic E-state index is 9.27. The Balaban J connectivity index is 1.78. The SMILES string of the molecule is CCN1CCC(CNC(C)c2ccc(O)cc2)C1. The van der Waals surface area contributed by atoms with Crippen molar-refractivity contribution in [2.45, 2.75) is 26.3 Å². The fourth-order valence-electron chi connectivity index (χ4n) is 2.59. The van der Waals surface area contributed by atoms with Gasteiger partial charge in [0.15, 0.2) is 0 Å². The third kappa shape index (κ3) is 3.47. The molecule has 0 aromatic heterocycles. The molecule has 2 N–H and O–H groups in total. The summed E-state index contributed by atoms with van der Waals surface area (Å²) in [7, 11) is 0. The van der Waals surface area contributed by atoms with Crippen LogP contribution >= 0.6 is 0 Å². The number of aromatic hydroxyl groups is 1. The number of hydrogen-bond donors (Lipinski definition) is 2. The number of hydrogen-bond acceptors (Lipinski definition) is 3. The molecule has 0 radical (unpaired) electrons. The second kappa shape index (κ2) is 6.21. The molecule has 3 nitrogen and oxygen atoms in total. The van der Waals surface area contributed by atoms with Crippen LogP contribution in [-0.4, -0.2) is 36.2 Å². The average Bonchev–Trinajstić information content (AvgIpc) is 2.85. The summed E-state index contributed by atoms with van der Waals surface area (Å²) >= 11 is 0. The highest BCUT2D eigenvalue weighted by Gasteiger charge is 2.21. The van der Waals surface area contributed by atoms with Gasteiger partial charge in [0.25, 0.3) is 0 Å². The van der Waals surface area contributed by atoms with E-state index in [1.807, 2.05) is 12.1 Å². The van der Waals surface area contributed by atoms with Crippen LogP contribution in [0.15, 0.2) is 24.3 Å². The van der Waals surface area contributed by atoms with Crippen molar-refractivity contribution >= 4 is 0 Å². The first-order valence-electron chi connectivity index (χ1n) is 6.93. The number of nitrogens with zero attached hydrogens (tertiary/aromatic N) is 1. The van der Waals surface area contributed by atoms with E-state index < -0.39 is 0 Å². The number of benzene rings is 1. The van der Waals surface area contributed by atoms with E-state index in [0.29, 0.717) is 11.8 Å². The Kier molecular flexibility index (Phi) is 4.61. The summed E-state index contributed by atoms with van der Waals surface area (Å²) in [5.41, 5.74) is 1.23. The number of likely N-dealkylation sites (tertiary alicyclic amines) is 1. The van der Waals surface area contributed by atoms with E-state index in [-0.39, 0.29) is 0 Å². The Hall–Kier alpha value is -1.06. The Morgan fingerprint density at radius 2 is 2.11 bits per heavy atom. The van der Waals surface area contributed by atoms with Crippen LogP contribution in [-0.2, 0) is 0 Å². The molecule has 0 aliphatic carbocycles. The second-order valence-corrected chi connectivity index (χ2v) is 5.27. The summed E-state index contributed by atoms with van der Waals surface area (Å²) in [6, 6.07) is 7.82. The Labute approximate surface area is 110 Å². The lowest BCUT2D eigenvalue weighted by Crippen LogP contribution is -2.28. The Morgan fingerprint density at radius 1 is 1.39 bits per heavy atom. The minimum absolute atomic E-state index is 0.334. The molecule has 0 bridgehead atoms. The minimum Gasteiger partial charge on any atom is -0.508 e. The molecule has 18 heavy (non-hydrogen) atoms. The zero-order chi connectivity index (χ0) is 13.0. The van der Waals surface area contributed by atoms with Gasteiger partial charge >= 0.3 is 0 Å². The molecular formula is C15H24N2O. The van der Waals surface area contributed by atoms with Gasteiger partial charge in [-0.1, -0.05) is 19.1 Å². The van der Waals surface area contributed by atoms with E-state index in [1.165, 1.54) is 31.6 Å². The van der Waals surface area contributed by atoms with Gasteiger partial charge in [-0.05, 0) is 56.6 Å². The molecule has 1 saturated heterocycles. The van der Waals surface area contributed by atoms with Crippen LogP contribution in [0.25, 0.3) is 0 Å². The molecule has 1 aliphatic heterocycles. The predicted molar refractivity (Wildman–Crippen MR) is 74.7 cm³/mol. The Morgan fingerprint density at radius 3 is 2.72 bits per heavy atom. The first-order valence-corrected chi connectivity index (χ1v) is 6.93. The minimum atomic E-state index is 0.334. The molecule has 0 spiro atoms. The molecule has 1 aliphatic rings. The van der Waals surface area contributed by atoms with E-state index in [2.05, 4.69) is 24.1 Å². The van der Waals surface area contributed by atoms with Gasteiger partial charge in [0, 0.05) is 12.6 Å². The topological polar surface area (TPSA) is 35.5 Å². The van der Waals surface area contributed by atoms with Gasteiger partial charge in [-0.15, -0.1) is 0 Å². The van der Waals surface area contributed by atoms with Crippen molar-refractivity contribution in [2.24, 2.45) is 5.92 Å². The first-order chi connectivity index (χ1) is 8.69. The van der Waals surface area contributed by atoms with E-state index >= 15 is 0 Å². The smallest absolute Gasteiger partial charge is 0.115 e. The van der Waals surface area contributed by atoms with Crippen molar-refractivity contribution in [1.82, 2.24) is 10.2 Å². The van der Waals surface area contributed by atoms with Crippen LogP contribution in [0.5, 0.6) is 5.75 Å². The highest BCUT2D eigenvalue weighted by molar-refractivity contribution is 5.27. The fourth-order valence-corrected chi connectivity index (χ4v) is 2.59. The molecule has 1 heterocycles. The number of nitrogens with one attached hydrogen (secondary N) is 1. The van der Waals surface area contributed by atoms with Crippen LogP contribution in [0, 0.1) is 5.92 Å². The third-order valence-corrected chi connectivity index (χ3v) is 3.92. The summed E-state index contributed by atoms with van der Waals surface area (Å²) in [4.78, 5) is 2.51. The van der Waals surface area contributed by atoms with Crippen molar-refractivity contribution in [3.63, 3.8) is 0 Å². The lowest BCUT2D eigenvalue weighted by Gasteiger charge is -2.18. The lowest BCUT2D eigenvalue weighted by atomic mass is 10.1. The Bertz CT molecular complexity index is 363. The molecule has 2 unspecified atom stereocenters. The molecule has 1 fully saturated rings. The van der Waals surface area contributed by atoms with Gasteiger partial charge in [0.1, 0.15) is 5.75 Å². The van der Waals surface area contributed by atoms with Crippen molar-refractivity contribution in [3.8, 4) is 5.75 Å². The van der Waals surface area contributed by atoms with E-state index in [4.69, 9.17) is 0 Å². The third-order valence-electron chi connectivity index (χ3n) is 3.92. The average molecular weight is 248 g/mol. The number of phenolic OH excluding ortho intramolecular Hbond substituents is 1. The molecule has 0 saturated carbocycles. The monoisotopic (exact) mass is 248 g/mol. The fraction of sp³-hybridized carbons (Fsp3) is 0.600. The summed E-state index contributed by atoms with van der Waals surface area (Å²) in [6.45, 7) is 9.14. The summed E-state index contributed by atoms with van der Waals surface area (Å²) in [5.74, 6) is 1.12. The van der Waals surface area contributed by atoms with Crippen LogP contribution in [0.1, 0.15) is 31.9 Å². The van der Waals surface area contributed by atoms with Crippen LogP contribution < -0.4 is 5.32 Å². The zero-order valence-electron chi connectivity index (χ0n) is 11.4. The molecule has 1 aromatic rings. The quantitative estimate of drug-likeness (QED) is 0.840. The van der Waals surface area contributed by atoms with Gasteiger partial charge in [-0.25, -0.2) is 0 Å². The number of rotatable bonds is 5. The maximum atomic E-state index is 9.27. The second-order valence-electron chi connectivity index (χ2n) is 5.27. The zero-order valence-corrected chi connectivity index (χ0v) is 11.4. The molecule has 1 aromatic carbocycles. The summed E-state index contributed by atoms with van der Waals surface area (Å²) in [5, 5.41) is 12.9. The molecule has 0 amide bonds. The lowest BCUT2D eigenvalue weighted by molar-refractivity contribution is 0.336. The molecule has 3 heteroatoms. The van der Waals surface area contributed by atoms with Crippen LogP contribution in [0.2, 0.25) is 0 Å². The van der Waals surface area contributed by atoms with Crippen LogP contribution in [0.4, 0.5) is 0 Å². The van der Waals surface area contributed by atoms with Gasteiger partial charge in [0.2, 0.25) is 0 Å². The van der Waals surface area contributed by atoms with Crippen molar-refractivity contribution in [1.29, 1.82) is 0 Å². The van der Waals surface area contributed by atoms with Gasteiger partial charge < -0.3 is 15.3 Å². The van der Waals surface area contributed by atoms with E-state index in [1.54, 1.807) is 12.1 Å². The van der Waals surface area contributed by atoms with E-state index in [9.17, 15) is 5.11 Å². The first kappa shape index (κ1) is 13.4. The molecule has 2 atom stereocenters. The number of phenols is 1. The van der Waals surface area contributed by atoms with Gasteiger partial charge in [-0.2, -0.15) is 0 Å². The van der Waals surface area contributed by atoms with Crippen LogP contribution in [0.3, 0.4) is 0 Å². The summed E-state index contributed by atoms with van der Waals surface area (Å²) in [6.07, 6.45) is 1.31. The summed E-state index contributed by atoms with van der Waals surface area (Å²) < 4.78 is 0. The van der Waals surface area contributed by atoms with E-state index in [0.717, 1.165) is 12.5 Å². The molecular weight excluding hydrogens is 224 g/mol. The largest absolute Gasteiger partial charge is 0.508 e. The predicted octanol–water partition coefficient (Wildman–Crippen LogP) is 2.38. The van der Waals surface area contributed by atoms with Crippen molar-refractivity contribution in [3.05, 3.63) is 29.8 Å². The standard InChI is InChI=1S/C15H24N2O/c1-3-17-9-8-13(11-17)10-16-12(2)14-4-6-15(18)7-5-14/h4-7,12-13,16,18H,3,8-11H2,1-2H3. The highest BCUT2D eigenvalue weighted by atomic mass is 16.3.